The molecule has 0 aliphatic rings. The highest BCUT2D eigenvalue weighted by Crippen LogP contribution is 2.33. The van der Waals surface area contributed by atoms with Crippen molar-refractivity contribution in [2.75, 3.05) is 7.11 Å². The van der Waals surface area contributed by atoms with Crippen LogP contribution in [0.25, 0.3) is 22.6 Å². The molecule has 4 nitrogen and oxygen atoms in total. The molecule has 0 atom stereocenters. The van der Waals surface area contributed by atoms with Crippen LogP contribution in [0.4, 0.5) is 4.39 Å². The summed E-state index contributed by atoms with van der Waals surface area (Å²) in [6.45, 7) is 1.95. The molecular formula is C15H14FN3O. The normalized spacial score (nSPS) is 11.0. The minimum Gasteiger partial charge on any atom is -0.496 e. The maximum absolute atomic E-state index is 14.2. The predicted octanol–water partition coefficient (Wildman–Crippen LogP) is 3.09. The molecule has 20 heavy (non-hydrogen) atoms. The molecule has 0 bridgehead atoms. The first kappa shape index (κ1) is 12.6. The van der Waals surface area contributed by atoms with E-state index in [-0.39, 0.29) is 5.82 Å². The van der Waals surface area contributed by atoms with Crippen LogP contribution >= 0.6 is 0 Å². The van der Waals surface area contributed by atoms with Crippen LogP contribution in [0.1, 0.15) is 5.56 Å². The van der Waals surface area contributed by atoms with Crippen molar-refractivity contribution in [2.24, 2.45) is 7.05 Å². The van der Waals surface area contributed by atoms with Crippen molar-refractivity contribution in [1.29, 1.82) is 0 Å². The fourth-order valence-corrected chi connectivity index (χ4v) is 2.29. The molecule has 2 heterocycles. The molecule has 0 unspecified atom stereocenters. The Hall–Kier alpha value is -2.43. The molecular weight excluding hydrogens is 257 g/mol. The van der Waals surface area contributed by atoms with Gasteiger partial charge >= 0.3 is 0 Å². The summed E-state index contributed by atoms with van der Waals surface area (Å²) in [5, 5.41) is 0. The molecule has 0 aliphatic carbocycles. The number of hydrogen-bond donors (Lipinski definition) is 0. The largest absolute Gasteiger partial charge is 0.496 e. The Balaban J connectivity index is 2.33. The van der Waals surface area contributed by atoms with Gasteiger partial charge in [0.15, 0.2) is 5.65 Å². The van der Waals surface area contributed by atoms with E-state index in [9.17, 15) is 4.39 Å². The highest BCUT2D eigenvalue weighted by atomic mass is 19.1. The van der Waals surface area contributed by atoms with Crippen LogP contribution in [0.2, 0.25) is 0 Å². The summed E-state index contributed by atoms with van der Waals surface area (Å²) in [5.41, 5.74) is 2.83. The maximum Gasteiger partial charge on any atom is 0.160 e. The van der Waals surface area contributed by atoms with Crippen molar-refractivity contribution in [2.45, 2.75) is 6.92 Å². The van der Waals surface area contributed by atoms with Crippen molar-refractivity contribution in [3.63, 3.8) is 0 Å². The highest BCUT2D eigenvalue weighted by molar-refractivity contribution is 5.79. The van der Waals surface area contributed by atoms with Gasteiger partial charge in [0.2, 0.25) is 0 Å². The van der Waals surface area contributed by atoms with Crippen LogP contribution in [0, 0.1) is 12.7 Å². The Morgan fingerprint density at radius 1 is 1.30 bits per heavy atom. The third-order valence-corrected chi connectivity index (χ3v) is 3.26. The summed E-state index contributed by atoms with van der Waals surface area (Å²) < 4.78 is 21.2. The Bertz CT molecular complexity index is 795. The van der Waals surface area contributed by atoms with E-state index >= 15 is 0 Å². The quantitative estimate of drug-likeness (QED) is 0.719. The third kappa shape index (κ3) is 1.82. The number of methoxy groups -OCH3 is 1. The van der Waals surface area contributed by atoms with Crippen molar-refractivity contribution in [1.82, 2.24) is 14.5 Å². The van der Waals surface area contributed by atoms with Crippen LogP contribution in [0.15, 0.2) is 30.5 Å². The monoisotopic (exact) mass is 271 g/mol. The number of aromatic nitrogens is 3. The molecule has 102 valence electrons. The Morgan fingerprint density at radius 3 is 2.85 bits per heavy atom. The van der Waals surface area contributed by atoms with E-state index in [1.807, 2.05) is 20.0 Å². The van der Waals surface area contributed by atoms with E-state index in [0.717, 1.165) is 16.7 Å². The first-order valence-electron chi connectivity index (χ1n) is 6.23. The van der Waals surface area contributed by atoms with Crippen LogP contribution in [-0.2, 0) is 7.05 Å². The fraction of sp³-hybridized carbons (Fsp3) is 0.200. The molecule has 3 rings (SSSR count). The number of halogens is 1. The van der Waals surface area contributed by atoms with Crippen molar-refractivity contribution < 1.29 is 9.13 Å². The van der Waals surface area contributed by atoms with Crippen LogP contribution < -0.4 is 4.74 Å². The van der Waals surface area contributed by atoms with Gasteiger partial charge < -0.3 is 9.30 Å². The molecule has 3 aromatic rings. The predicted molar refractivity (Wildman–Crippen MR) is 75.2 cm³/mol. The molecule has 0 N–H and O–H groups in total. The minimum atomic E-state index is -0.362. The average molecular weight is 271 g/mol. The number of hydrogen-bond acceptors (Lipinski definition) is 3. The lowest BCUT2D eigenvalue weighted by atomic mass is 10.1. The van der Waals surface area contributed by atoms with Gasteiger partial charge in [0.25, 0.3) is 0 Å². The molecule has 0 saturated carbocycles. The zero-order valence-electron chi connectivity index (χ0n) is 11.5. The lowest BCUT2D eigenvalue weighted by molar-refractivity contribution is 0.413. The first-order chi connectivity index (χ1) is 9.61. The lowest BCUT2D eigenvalue weighted by Gasteiger charge is -2.09. The van der Waals surface area contributed by atoms with E-state index in [1.54, 1.807) is 22.9 Å². The van der Waals surface area contributed by atoms with E-state index in [1.165, 1.54) is 13.2 Å². The van der Waals surface area contributed by atoms with Gasteiger partial charge in [0, 0.05) is 13.2 Å². The number of aryl methyl sites for hydroxylation is 2. The molecule has 0 amide bonds. The van der Waals surface area contributed by atoms with E-state index in [4.69, 9.17) is 4.74 Å². The second-order valence-corrected chi connectivity index (χ2v) is 4.67. The van der Waals surface area contributed by atoms with E-state index < -0.39 is 0 Å². The molecule has 0 saturated heterocycles. The molecule has 0 fully saturated rings. The van der Waals surface area contributed by atoms with Crippen LogP contribution in [-0.4, -0.2) is 21.6 Å². The highest BCUT2D eigenvalue weighted by Gasteiger charge is 2.18. The molecule has 0 spiro atoms. The van der Waals surface area contributed by atoms with Gasteiger partial charge in [-0.3, -0.25) is 0 Å². The molecule has 5 heteroatoms. The number of fused-ring (bicyclic) bond motifs is 1. The summed E-state index contributed by atoms with van der Waals surface area (Å²) in [5.74, 6) is 0.604. The minimum absolute atomic E-state index is 0.355. The smallest absolute Gasteiger partial charge is 0.160 e. The third-order valence-electron chi connectivity index (χ3n) is 3.26. The fourth-order valence-electron chi connectivity index (χ4n) is 2.29. The topological polar surface area (TPSA) is 39.9 Å². The Labute approximate surface area is 115 Å². The molecule has 0 radical (unpaired) electrons. The molecule has 2 aromatic heterocycles. The van der Waals surface area contributed by atoms with Crippen molar-refractivity contribution >= 4 is 11.2 Å². The van der Waals surface area contributed by atoms with Gasteiger partial charge in [-0.25, -0.2) is 14.4 Å². The van der Waals surface area contributed by atoms with Crippen LogP contribution in [0.5, 0.6) is 5.75 Å². The summed E-state index contributed by atoms with van der Waals surface area (Å²) in [4.78, 5) is 8.84. The van der Waals surface area contributed by atoms with E-state index in [0.29, 0.717) is 17.1 Å². The standard InChI is InChI=1S/C15H14FN3O/c1-9-7-11-14(17-8-9)19(2)15(18-11)13-10(16)5-4-6-12(13)20-3/h4-8H,1-3H3. The summed E-state index contributed by atoms with van der Waals surface area (Å²) in [6.07, 6.45) is 1.77. The number of ether oxygens (including phenoxy) is 1. The average Bonchev–Trinajstić information content (AvgIpc) is 2.74. The SMILES string of the molecule is COc1cccc(F)c1-c1nc2cc(C)cnc2n1C. The number of benzene rings is 1. The van der Waals surface area contributed by atoms with Crippen molar-refractivity contribution in [3.05, 3.63) is 41.8 Å². The molecule has 0 aliphatic heterocycles. The molecule has 1 aromatic carbocycles. The maximum atomic E-state index is 14.2. The second kappa shape index (κ2) is 4.59. The number of nitrogens with zero attached hydrogens (tertiary/aromatic N) is 3. The van der Waals surface area contributed by atoms with Gasteiger partial charge in [-0.2, -0.15) is 0 Å². The van der Waals surface area contributed by atoms with Crippen molar-refractivity contribution in [3.8, 4) is 17.1 Å². The Morgan fingerprint density at radius 2 is 2.10 bits per heavy atom. The summed E-state index contributed by atoms with van der Waals surface area (Å²) in [7, 11) is 3.34. The van der Waals surface area contributed by atoms with Gasteiger partial charge in [-0.15, -0.1) is 0 Å². The second-order valence-electron chi connectivity index (χ2n) is 4.67. The van der Waals surface area contributed by atoms with Gasteiger partial charge in [0.05, 0.1) is 12.7 Å². The zero-order valence-corrected chi connectivity index (χ0v) is 11.5. The summed E-state index contributed by atoms with van der Waals surface area (Å²) >= 11 is 0. The van der Waals surface area contributed by atoms with Crippen LogP contribution in [0.3, 0.4) is 0 Å². The number of rotatable bonds is 2. The zero-order chi connectivity index (χ0) is 14.3. The first-order valence-corrected chi connectivity index (χ1v) is 6.23. The number of imidazole rings is 1. The Kier molecular flexibility index (Phi) is 2.89. The van der Waals surface area contributed by atoms with Gasteiger partial charge in [-0.05, 0) is 30.7 Å². The number of pyridine rings is 1. The lowest BCUT2D eigenvalue weighted by Crippen LogP contribution is -1.98. The van der Waals surface area contributed by atoms with Gasteiger partial charge in [-0.1, -0.05) is 6.07 Å². The van der Waals surface area contributed by atoms with Gasteiger partial charge in [0.1, 0.15) is 22.9 Å². The summed E-state index contributed by atoms with van der Waals surface area (Å²) in [6, 6.07) is 6.66. The van der Waals surface area contributed by atoms with E-state index in [2.05, 4.69) is 9.97 Å².